The van der Waals surface area contributed by atoms with E-state index in [0.717, 1.165) is 5.69 Å². The van der Waals surface area contributed by atoms with Crippen LogP contribution in [0.2, 0.25) is 0 Å². The van der Waals surface area contributed by atoms with Crippen molar-refractivity contribution in [2.24, 2.45) is 11.8 Å². The molecule has 1 aromatic rings. The molecule has 3 amide bonds. The lowest BCUT2D eigenvalue weighted by atomic mass is 9.76. The van der Waals surface area contributed by atoms with Crippen LogP contribution >= 0.6 is 0 Å². The van der Waals surface area contributed by atoms with Gasteiger partial charge in [0.25, 0.3) is 0 Å². The minimum absolute atomic E-state index is 0.0874. The Balaban J connectivity index is 1.33. The highest BCUT2D eigenvalue weighted by molar-refractivity contribution is 6.03. The Labute approximate surface area is 186 Å². The minimum Gasteiger partial charge on any atom is -0.497 e. The SMILES string of the molecule is CCOC(=O)N1CCN(C(=O)[C@@H]2[C@H]3C=C[C@]4(CN(c5cccc(OC)c5)C(=O)[C@@H]24)O3)CC1. The second-order valence-electron chi connectivity index (χ2n) is 8.54. The monoisotopic (exact) mass is 441 g/mol. The first-order chi connectivity index (χ1) is 15.5. The molecule has 9 heteroatoms. The Kier molecular flexibility index (Phi) is 5.08. The minimum atomic E-state index is -0.780. The van der Waals surface area contributed by atoms with Crippen LogP contribution in [-0.2, 0) is 19.1 Å². The van der Waals surface area contributed by atoms with Crippen LogP contribution in [0.15, 0.2) is 36.4 Å². The van der Waals surface area contributed by atoms with Crippen LogP contribution in [0.3, 0.4) is 0 Å². The Bertz CT molecular complexity index is 972. The molecule has 4 aliphatic rings. The van der Waals surface area contributed by atoms with Gasteiger partial charge in [0, 0.05) is 37.9 Å². The van der Waals surface area contributed by atoms with Gasteiger partial charge in [-0.15, -0.1) is 0 Å². The van der Waals surface area contributed by atoms with Crippen molar-refractivity contribution in [1.29, 1.82) is 0 Å². The Morgan fingerprint density at radius 2 is 1.94 bits per heavy atom. The van der Waals surface area contributed by atoms with E-state index in [9.17, 15) is 14.4 Å². The lowest BCUT2D eigenvalue weighted by Crippen LogP contribution is -2.54. The summed E-state index contributed by atoms with van der Waals surface area (Å²) in [6, 6.07) is 7.34. The molecule has 4 aliphatic heterocycles. The Morgan fingerprint density at radius 1 is 1.19 bits per heavy atom. The fraction of sp³-hybridized carbons (Fsp3) is 0.522. The second kappa shape index (κ2) is 7.81. The number of hydrogen-bond donors (Lipinski definition) is 0. The maximum atomic E-state index is 13.5. The molecule has 32 heavy (non-hydrogen) atoms. The number of hydrogen-bond acceptors (Lipinski definition) is 6. The molecule has 0 saturated carbocycles. The van der Waals surface area contributed by atoms with Crippen molar-refractivity contribution in [3.05, 3.63) is 36.4 Å². The number of ether oxygens (including phenoxy) is 3. The summed E-state index contributed by atoms with van der Waals surface area (Å²) in [5, 5.41) is 0. The van der Waals surface area contributed by atoms with E-state index in [-0.39, 0.29) is 17.9 Å². The van der Waals surface area contributed by atoms with Gasteiger partial charge in [-0.05, 0) is 19.1 Å². The first-order valence-electron chi connectivity index (χ1n) is 11.0. The van der Waals surface area contributed by atoms with Gasteiger partial charge in [0.05, 0.1) is 38.2 Å². The van der Waals surface area contributed by atoms with Gasteiger partial charge in [0.15, 0.2) is 0 Å². The molecule has 0 unspecified atom stereocenters. The van der Waals surface area contributed by atoms with Gasteiger partial charge in [0.2, 0.25) is 11.8 Å². The molecule has 0 aliphatic carbocycles. The van der Waals surface area contributed by atoms with E-state index in [0.29, 0.717) is 45.1 Å². The van der Waals surface area contributed by atoms with Crippen molar-refractivity contribution in [1.82, 2.24) is 9.80 Å². The van der Waals surface area contributed by atoms with Crippen molar-refractivity contribution in [2.75, 3.05) is 51.3 Å². The molecule has 2 bridgehead atoms. The summed E-state index contributed by atoms with van der Waals surface area (Å²) in [5.41, 5.74) is -0.0504. The molecule has 170 valence electrons. The van der Waals surface area contributed by atoms with Gasteiger partial charge < -0.3 is 28.9 Å². The van der Waals surface area contributed by atoms with Crippen LogP contribution < -0.4 is 9.64 Å². The zero-order chi connectivity index (χ0) is 22.5. The van der Waals surface area contributed by atoms with E-state index in [4.69, 9.17) is 14.2 Å². The number of benzene rings is 1. The normalized spacial score (nSPS) is 30.6. The molecule has 0 aromatic heterocycles. The number of methoxy groups -OCH3 is 1. The molecule has 4 atom stereocenters. The van der Waals surface area contributed by atoms with Gasteiger partial charge in [-0.25, -0.2) is 4.79 Å². The van der Waals surface area contributed by atoms with Crippen LogP contribution in [-0.4, -0.2) is 85.9 Å². The van der Waals surface area contributed by atoms with E-state index < -0.39 is 23.5 Å². The first kappa shape index (κ1) is 20.8. The lowest BCUT2D eigenvalue weighted by Gasteiger charge is -2.36. The number of carbonyl (C=O) groups excluding carboxylic acids is 3. The highest BCUT2D eigenvalue weighted by atomic mass is 16.6. The maximum Gasteiger partial charge on any atom is 0.409 e. The molecule has 5 rings (SSSR count). The number of nitrogens with zero attached hydrogens (tertiary/aromatic N) is 3. The van der Waals surface area contributed by atoms with Crippen molar-refractivity contribution in [3.63, 3.8) is 0 Å². The Morgan fingerprint density at radius 3 is 2.66 bits per heavy atom. The summed E-state index contributed by atoms with van der Waals surface area (Å²) in [5.74, 6) is -0.640. The second-order valence-corrected chi connectivity index (χ2v) is 8.54. The lowest BCUT2D eigenvalue weighted by molar-refractivity contribution is -0.141. The standard InChI is InChI=1S/C23H27N3O6/c1-3-31-22(29)25-11-9-24(10-12-25)20(27)18-17-7-8-23(32-17)14-26(21(28)19(18)23)15-5-4-6-16(13-15)30-2/h4-8,13,17-19H,3,9-12,14H2,1-2H3/t17-,18-,19-,23-/m1/s1. The third kappa shape index (κ3) is 3.14. The molecule has 9 nitrogen and oxygen atoms in total. The van der Waals surface area contributed by atoms with Gasteiger partial charge in [-0.2, -0.15) is 0 Å². The van der Waals surface area contributed by atoms with Crippen molar-refractivity contribution in [3.8, 4) is 5.75 Å². The number of amides is 3. The summed E-state index contributed by atoms with van der Waals surface area (Å²) in [7, 11) is 1.59. The number of fused-ring (bicyclic) bond motifs is 1. The van der Waals surface area contributed by atoms with E-state index in [1.54, 1.807) is 28.7 Å². The number of rotatable bonds is 4. The average molecular weight is 441 g/mol. The average Bonchev–Trinajstić information content (AvgIpc) is 3.47. The smallest absolute Gasteiger partial charge is 0.409 e. The first-order valence-corrected chi connectivity index (χ1v) is 11.0. The van der Waals surface area contributed by atoms with Gasteiger partial charge >= 0.3 is 6.09 Å². The van der Waals surface area contributed by atoms with Crippen LogP contribution in [0.4, 0.5) is 10.5 Å². The fourth-order valence-corrected chi connectivity index (χ4v) is 5.31. The van der Waals surface area contributed by atoms with Crippen molar-refractivity contribution in [2.45, 2.75) is 18.6 Å². The Hall–Kier alpha value is -3.07. The highest BCUT2D eigenvalue weighted by Gasteiger charge is 2.67. The maximum absolute atomic E-state index is 13.5. The van der Waals surface area contributed by atoms with Crippen LogP contribution in [0, 0.1) is 11.8 Å². The summed E-state index contributed by atoms with van der Waals surface area (Å²) in [6.07, 6.45) is 3.11. The van der Waals surface area contributed by atoms with Crippen molar-refractivity contribution < 1.29 is 28.6 Å². The van der Waals surface area contributed by atoms with E-state index in [2.05, 4.69) is 0 Å². The van der Waals surface area contributed by atoms with Crippen LogP contribution in [0.5, 0.6) is 5.75 Å². The predicted octanol–water partition coefficient (Wildman–Crippen LogP) is 1.28. The number of anilines is 1. The topological polar surface area (TPSA) is 88.6 Å². The van der Waals surface area contributed by atoms with Gasteiger partial charge in [0.1, 0.15) is 11.4 Å². The molecule has 0 N–H and O–H groups in total. The molecule has 3 fully saturated rings. The van der Waals surface area contributed by atoms with E-state index in [1.165, 1.54) is 0 Å². The number of piperazine rings is 1. The van der Waals surface area contributed by atoms with Crippen molar-refractivity contribution >= 4 is 23.6 Å². The molecular weight excluding hydrogens is 414 g/mol. The molecule has 1 aromatic carbocycles. The molecule has 3 saturated heterocycles. The molecular formula is C23H27N3O6. The largest absolute Gasteiger partial charge is 0.497 e. The molecule has 0 radical (unpaired) electrons. The highest BCUT2D eigenvalue weighted by Crippen LogP contribution is 2.53. The molecule has 4 heterocycles. The predicted molar refractivity (Wildman–Crippen MR) is 114 cm³/mol. The zero-order valence-corrected chi connectivity index (χ0v) is 18.2. The zero-order valence-electron chi connectivity index (χ0n) is 18.2. The van der Waals surface area contributed by atoms with Gasteiger partial charge in [-0.3, -0.25) is 9.59 Å². The van der Waals surface area contributed by atoms with E-state index >= 15 is 0 Å². The van der Waals surface area contributed by atoms with Gasteiger partial charge in [-0.1, -0.05) is 18.2 Å². The number of carbonyl (C=O) groups is 3. The third-order valence-corrected chi connectivity index (χ3v) is 6.87. The molecule has 1 spiro atoms. The summed E-state index contributed by atoms with van der Waals surface area (Å²) >= 11 is 0. The van der Waals surface area contributed by atoms with Crippen LogP contribution in [0.1, 0.15) is 6.92 Å². The summed E-state index contributed by atoms with van der Waals surface area (Å²) in [4.78, 5) is 44.0. The summed E-state index contributed by atoms with van der Waals surface area (Å²) < 4.78 is 16.6. The van der Waals surface area contributed by atoms with E-state index in [1.807, 2.05) is 36.4 Å². The fourth-order valence-electron chi connectivity index (χ4n) is 5.31. The van der Waals surface area contributed by atoms with Crippen LogP contribution in [0.25, 0.3) is 0 Å². The third-order valence-electron chi connectivity index (χ3n) is 6.87. The quantitative estimate of drug-likeness (QED) is 0.654. The summed E-state index contributed by atoms with van der Waals surface area (Å²) in [6.45, 7) is 4.12.